The number of nitrogens with one attached hydrogen (secondary N) is 2. The fourth-order valence-corrected chi connectivity index (χ4v) is 4.98. The first-order valence-electron chi connectivity index (χ1n) is 6.76. The summed E-state index contributed by atoms with van der Waals surface area (Å²) in [4.78, 5) is 2.40. The maximum Gasteiger partial charge on any atom is 0.241 e. The lowest BCUT2D eigenvalue weighted by Gasteiger charge is -2.04. The molecule has 19 heavy (non-hydrogen) atoms. The number of hydrogen-bond acceptors (Lipinski definition) is 4. The van der Waals surface area contributed by atoms with Crippen LogP contribution in [0, 0.1) is 12.8 Å². The van der Waals surface area contributed by atoms with Gasteiger partial charge in [-0.05, 0) is 38.3 Å². The molecular weight excluding hydrogens is 280 g/mol. The molecule has 0 aliphatic heterocycles. The van der Waals surface area contributed by atoms with Crippen LogP contribution in [0.4, 0.5) is 0 Å². The van der Waals surface area contributed by atoms with Crippen LogP contribution in [0.3, 0.4) is 0 Å². The first-order valence-corrected chi connectivity index (χ1v) is 9.06. The summed E-state index contributed by atoms with van der Waals surface area (Å²) in [5.41, 5.74) is 0. The zero-order valence-electron chi connectivity index (χ0n) is 11.7. The Balaban J connectivity index is 2.06. The zero-order chi connectivity index (χ0) is 14.0. The third-order valence-electron chi connectivity index (χ3n) is 3.35. The van der Waals surface area contributed by atoms with E-state index in [-0.39, 0.29) is 6.04 Å². The van der Waals surface area contributed by atoms with E-state index in [2.05, 4.69) is 23.9 Å². The van der Waals surface area contributed by atoms with E-state index in [1.54, 1.807) is 17.4 Å². The van der Waals surface area contributed by atoms with Crippen LogP contribution in [-0.2, 0) is 16.6 Å². The third kappa shape index (κ3) is 3.78. The van der Waals surface area contributed by atoms with Crippen molar-refractivity contribution in [1.82, 2.24) is 10.0 Å². The first kappa shape index (κ1) is 15.0. The second-order valence-corrected chi connectivity index (χ2v) is 8.27. The summed E-state index contributed by atoms with van der Waals surface area (Å²) in [5, 5.41) is 3.30. The van der Waals surface area contributed by atoms with E-state index in [4.69, 9.17) is 0 Å². The molecule has 1 aliphatic rings. The molecule has 1 saturated carbocycles. The van der Waals surface area contributed by atoms with Crippen molar-refractivity contribution in [3.63, 3.8) is 0 Å². The SMILES string of the molecule is CCCNCc1cc(S(=O)(=O)NC2CC2C)c(C)s1. The average molecular weight is 302 g/mol. The Labute approximate surface area is 119 Å². The van der Waals surface area contributed by atoms with Gasteiger partial charge in [0, 0.05) is 22.3 Å². The van der Waals surface area contributed by atoms with E-state index in [1.807, 2.05) is 6.92 Å². The van der Waals surface area contributed by atoms with Gasteiger partial charge >= 0.3 is 0 Å². The Morgan fingerprint density at radius 3 is 2.74 bits per heavy atom. The largest absolute Gasteiger partial charge is 0.312 e. The highest BCUT2D eigenvalue weighted by Crippen LogP contribution is 2.32. The second kappa shape index (κ2) is 5.91. The molecule has 6 heteroatoms. The third-order valence-corrected chi connectivity index (χ3v) is 6.15. The molecule has 2 unspecified atom stereocenters. The van der Waals surface area contributed by atoms with Crippen LogP contribution in [0.15, 0.2) is 11.0 Å². The zero-order valence-corrected chi connectivity index (χ0v) is 13.3. The van der Waals surface area contributed by atoms with Crippen molar-refractivity contribution >= 4 is 21.4 Å². The Morgan fingerprint density at radius 2 is 2.16 bits per heavy atom. The van der Waals surface area contributed by atoms with E-state index in [1.165, 1.54) is 0 Å². The van der Waals surface area contributed by atoms with Gasteiger partial charge < -0.3 is 5.32 Å². The van der Waals surface area contributed by atoms with Crippen molar-refractivity contribution in [2.75, 3.05) is 6.54 Å². The van der Waals surface area contributed by atoms with Gasteiger partial charge in [0.25, 0.3) is 0 Å². The number of thiophene rings is 1. The number of rotatable bonds is 7. The summed E-state index contributed by atoms with van der Waals surface area (Å²) in [6.45, 7) is 7.75. The molecule has 0 bridgehead atoms. The van der Waals surface area contributed by atoms with E-state index in [9.17, 15) is 8.42 Å². The van der Waals surface area contributed by atoms with Crippen molar-refractivity contribution in [3.8, 4) is 0 Å². The summed E-state index contributed by atoms with van der Waals surface area (Å²) < 4.78 is 27.3. The number of aryl methyl sites for hydroxylation is 1. The van der Waals surface area contributed by atoms with E-state index in [0.29, 0.717) is 10.8 Å². The highest BCUT2D eigenvalue weighted by molar-refractivity contribution is 7.89. The van der Waals surface area contributed by atoms with Gasteiger partial charge in [0.15, 0.2) is 0 Å². The van der Waals surface area contributed by atoms with Gasteiger partial charge in [0.1, 0.15) is 0 Å². The molecule has 108 valence electrons. The Bertz CT molecular complexity index is 537. The fraction of sp³-hybridized carbons (Fsp3) is 0.692. The molecule has 0 spiro atoms. The molecule has 4 nitrogen and oxygen atoms in total. The molecule has 2 N–H and O–H groups in total. The number of sulfonamides is 1. The second-order valence-electron chi connectivity index (χ2n) is 5.25. The lowest BCUT2D eigenvalue weighted by atomic mass is 10.4. The van der Waals surface area contributed by atoms with E-state index < -0.39 is 10.0 Å². The van der Waals surface area contributed by atoms with Crippen LogP contribution in [-0.4, -0.2) is 21.0 Å². The molecule has 0 saturated heterocycles. The summed E-state index contributed by atoms with van der Waals surface area (Å²) in [6.07, 6.45) is 2.03. The molecular formula is C13H22N2O2S2. The van der Waals surface area contributed by atoms with Gasteiger partial charge in [0.2, 0.25) is 10.0 Å². The van der Waals surface area contributed by atoms with Gasteiger partial charge in [-0.3, -0.25) is 0 Å². The topological polar surface area (TPSA) is 58.2 Å². The molecule has 0 radical (unpaired) electrons. The van der Waals surface area contributed by atoms with Crippen molar-refractivity contribution in [1.29, 1.82) is 0 Å². The first-order chi connectivity index (χ1) is 8.94. The minimum absolute atomic E-state index is 0.131. The monoisotopic (exact) mass is 302 g/mol. The van der Waals surface area contributed by atoms with Crippen LogP contribution in [0.1, 0.15) is 36.4 Å². The minimum atomic E-state index is -3.34. The van der Waals surface area contributed by atoms with Gasteiger partial charge in [-0.1, -0.05) is 13.8 Å². The van der Waals surface area contributed by atoms with Crippen molar-refractivity contribution in [2.24, 2.45) is 5.92 Å². The van der Waals surface area contributed by atoms with Crippen LogP contribution < -0.4 is 10.0 Å². The predicted molar refractivity (Wildman–Crippen MR) is 78.9 cm³/mol. The van der Waals surface area contributed by atoms with E-state index in [0.717, 1.165) is 35.7 Å². The molecule has 1 aliphatic carbocycles. The normalized spacial score (nSPS) is 22.7. The summed E-state index contributed by atoms with van der Waals surface area (Å²) >= 11 is 1.56. The molecule has 0 aromatic carbocycles. The molecule has 2 rings (SSSR count). The van der Waals surface area contributed by atoms with Crippen LogP contribution in [0.25, 0.3) is 0 Å². The number of hydrogen-bond donors (Lipinski definition) is 2. The summed E-state index contributed by atoms with van der Waals surface area (Å²) in [7, 11) is -3.34. The predicted octanol–water partition coefficient (Wildman–Crippen LogP) is 2.24. The molecule has 1 heterocycles. The lowest BCUT2D eigenvalue weighted by molar-refractivity contribution is 0.578. The Morgan fingerprint density at radius 1 is 1.47 bits per heavy atom. The van der Waals surface area contributed by atoms with Gasteiger partial charge in [-0.2, -0.15) is 0 Å². The average Bonchev–Trinajstić information content (AvgIpc) is 2.85. The van der Waals surface area contributed by atoms with Crippen molar-refractivity contribution in [2.45, 2.75) is 51.1 Å². The Hall–Kier alpha value is -0.430. The maximum absolute atomic E-state index is 12.3. The Kier molecular flexibility index (Phi) is 4.66. The molecule has 1 aromatic heterocycles. The van der Waals surface area contributed by atoms with Crippen molar-refractivity contribution in [3.05, 3.63) is 15.8 Å². The minimum Gasteiger partial charge on any atom is -0.312 e. The summed E-state index contributed by atoms with van der Waals surface area (Å²) in [5.74, 6) is 0.472. The van der Waals surface area contributed by atoms with Gasteiger partial charge in [-0.15, -0.1) is 11.3 Å². The van der Waals surface area contributed by atoms with Crippen molar-refractivity contribution < 1.29 is 8.42 Å². The standard InChI is InChI=1S/C13H22N2O2S2/c1-4-5-14-8-11-7-13(10(3)18-11)19(16,17)15-12-6-9(12)2/h7,9,12,14-15H,4-6,8H2,1-3H3. The van der Waals surface area contributed by atoms with E-state index >= 15 is 0 Å². The maximum atomic E-state index is 12.3. The quantitative estimate of drug-likeness (QED) is 0.760. The van der Waals surface area contributed by atoms with Crippen LogP contribution >= 0.6 is 11.3 Å². The molecule has 1 fully saturated rings. The molecule has 1 aromatic rings. The van der Waals surface area contributed by atoms with Crippen LogP contribution in [0.5, 0.6) is 0 Å². The lowest BCUT2D eigenvalue weighted by Crippen LogP contribution is -2.26. The van der Waals surface area contributed by atoms with Gasteiger partial charge in [0.05, 0.1) is 4.90 Å². The highest BCUT2D eigenvalue weighted by Gasteiger charge is 2.37. The van der Waals surface area contributed by atoms with Crippen LogP contribution in [0.2, 0.25) is 0 Å². The highest BCUT2D eigenvalue weighted by atomic mass is 32.2. The molecule has 0 amide bonds. The molecule has 2 atom stereocenters. The fourth-order valence-electron chi connectivity index (χ4n) is 2.02. The summed E-state index contributed by atoms with van der Waals surface area (Å²) in [6, 6.07) is 1.93. The van der Waals surface area contributed by atoms with Gasteiger partial charge in [-0.25, -0.2) is 13.1 Å². The smallest absolute Gasteiger partial charge is 0.241 e.